The molecule has 568 valence electrons. The van der Waals surface area contributed by atoms with Crippen molar-refractivity contribution in [3.8, 4) is 0 Å². The zero-order valence-electron chi connectivity index (χ0n) is 58.3. The first-order valence-electron chi connectivity index (χ1n) is 29.6. The third-order valence-corrected chi connectivity index (χ3v) is 304. The number of carbonyl (C=O) groups is 3. The molecule has 0 N–H and O–H groups in total. The van der Waals surface area contributed by atoms with Gasteiger partial charge in [0.05, 0.1) is 18.2 Å². The highest BCUT2D eigenvalue weighted by atomic mass is 33.5. The van der Waals surface area contributed by atoms with Gasteiger partial charge in [-0.15, -0.1) is 214 Å². The highest BCUT2D eigenvalue weighted by molar-refractivity contribution is 9.40. The maximum absolute atomic E-state index is 12.7. The Morgan fingerprint density at radius 2 is 0.763 bits per heavy atom. The van der Waals surface area contributed by atoms with E-state index < -0.39 is 8.32 Å². The second-order valence-corrected chi connectivity index (χ2v) is 205. The quantitative estimate of drug-likeness (QED) is 0.0284. The maximum Gasteiger partial charge on any atom is 0.303 e. The van der Waals surface area contributed by atoms with E-state index in [4.69, 9.17) is 9.16 Å². The number of carbonyl (C=O) groups excluding carboxylic acids is 3. The summed E-state index contributed by atoms with van der Waals surface area (Å²) >= 11 is 0. The van der Waals surface area contributed by atoms with E-state index in [0.29, 0.717) is 12.8 Å². The molecule has 0 fully saturated rings. The molecule has 0 radical (unpaired) electrons. The van der Waals surface area contributed by atoms with Crippen LogP contribution >= 0.6 is 362 Å². The van der Waals surface area contributed by atoms with Gasteiger partial charge in [-0.2, -0.15) is 0 Å². The van der Waals surface area contributed by atoms with Gasteiger partial charge in [0.1, 0.15) is 6.10 Å². The summed E-state index contributed by atoms with van der Waals surface area (Å²) in [4.78, 5) is 40.2. The number of esters is 1. The summed E-state index contributed by atoms with van der Waals surface area (Å²) in [5.41, 5.74) is 2.26. The molecule has 0 saturated heterocycles. The fraction of sp³-hybridized carbons (Fsp3) is 0.659. The normalized spacial score (nSPS) is 22.2. The van der Waals surface area contributed by atoms with E-state index in [0.717, 1.165) is 64.9 Å². The molecule has 0 aromatic heterocycles. The number of likely N-dealkylation sites (N-methyl/N-ethyl adjacent to an activating group) is 2. The van der Waals surface area contributed by atoms with Gasteiger partial charge < -0.3 is 19.0 Å². The molecule has 0 saturated carbocycles. The monoisotopic (exact) mass is 2180 g/mol. The fourth-order valence-corrected chi connectivity index (χ4v) is 565. The minimum Gasteiger partial charge on any atom is -0.458 e. The van der Waals surface area contributed by atoms with Gasteiger partial charge in [0.25, 0.3) is 0 Å². The molecule has 0 aromatic carbocycles. The second-order valence-electron chi connectivity index (χ2n) is 23.2. The van der Waals surface area contributed by atoms with Crippen molar-refractivity contribution in [3.05, 3.63) is 72.9 Å². The van der Waals surface area contributed by atoms with Crippen LogP contribution in [0.2, 0.25) is 18.1 Å². The Kier molecular flexibility index (Phi) is 75.3. The van der Waals surface area contributed by atoms with Crippen molar-refractivity contribution in [2.24, 2.45) is 11.8 Å². The van der Waals surface area contributed by atoms with Gasteiger partial charge in [-0.05, 0) is 222 Å². The average Bonchev–Trinajstić information content (AvgIpc) is 0.801. The Labute approximate surface area is 674 Å². The molecular weight excluding hydrogens is 2060 g/mol. The third kappa shape index (κ3) is 46.1. The molecule has 0 aromatic rings. The highest BCUT2D eigenvalue weighted by Crippen LogP contribution is 3.34. The molecule has 2 amide bonds. The molecular formula is C44H123N2O5P45Si. The summed E-state index contributed by atoms with van der Waals surface area (Å²) < 4.78 is 12.1. The topological polar surface area (TPSA) is 76.1 Å². The predicted octanol–water partition coefficient (Wildman–Crippen LogP) is 36.2. The van der Waals surface area contributed by atoms with E-state index in [1.807, 2.05) is 55.1 Å². The number of hydrogen-bond acceptors (Lipinski definition) is 5. The van der Waals surface area contributed by atoms with Crippen LogP contribution in [0, 0.1) is 11.8 Å². The van der Waals surface area contributed by atoms with Crippen molar-refractivity contribution in [2.75, 3.05) is 14.1 Å². The van der Waals surface area contributed by atoms with Crippen LogP contribution in [0.4, 0.5) is 0 Å². The van der Waals surface area contributed by atoms with Crippen LogP contribution < -0.4 is 0 Å². The fourth-order valence-electron chi connectivity index (χ4n) is 9.23. The largest absolute Gasteiger partial charge is 0.458 e. The van der Waals surface area contributed by atoms with E-state index in [2.05, 4.69) is 300 Å². The lowest BCUT2D eigenvalue weighted by Crippen LogP contribution is -2.44. The molecule has 53 heteroatoms. The Morgan fingerprint density at radius 3 is 1.02 bits per heavy atom. The molecule has 0 bridgehead atoms. The Morgan fingerprint density at radius 1 is 0.485 bits per heavy atom. The van der Waals surface area contributed by atoms with E-state index in [1.54, 1.807) is 6.08 Å². The predicted molar refractivity (Wildman–Crippen MR) is 601 cm³/mol. The lowest BCUT2D eigenvalue weighted by Gasteiger charge is -2.47. The van der Waals surface area contributed by atoms with Crippen LogP contribution in [0.5, 0.6) is 0 Å². The molecule has 0 aliphatic carbocycles. The van der Waals surface area contributed by atoms with Crippen molar-refractivity contribution in [1.82, 2.24) is 9.80 Å². The van der Waals surface area contributed by atoms with E-state index in [1.165, 1.54) is 12.5 Å². The number of nitrogens with zero attached hydrogens (tertiary/aromatic N) is 2. The van der Waals surface area contributed by atoms with Crippen molar-refractivity contribution >= 4 is 388 Å². The number of hydrogen-bond donors (Lipinski definition) is 0. The Balaban J connectivity index is 0. The van der Waals surface area contributed by atoms with Crippen LogP contribution in [-0.4, -0.2) is 74.3 Å². The minimum atomic E-state index is -1.82. The lowest BCUT2D eigenvalue weighted by molar-refractivity contribution is -0.144. The molecule has 33 atom stereocenters. The van der Waals surface area contributed by atoms with Crippen molar-refractivity contribution in [2.45, 2.75) is 162 Å². The molecule has 7 nitrogen and oxygen atoms in total. The van der Waals surface area contributed by atoms with E-state index >= 15 is 0 Å². The third-order valence-electron chi connectivity index (χ3n) is 14.5. The first kappa shape index (κ1) is 115. The SMILES string of the molecule is C=C/C=C(\C)[C@@H]1[C@@H](C)/C=C/C(OC(C)=O)CCCCCC(=O)N1C.C=C/C=C(\C)[C@@H]1[C@@H](C)/C=C/C(O[Si](C)(C)C(C)(C)C)CCCCCC(=O)N1C.PP(P)P(P(P)P)P(P(P(P)P)P(P)P)P(P(P)P)P(P)P.PPP(P)P(P(P)P)P(P(P(P)P)P(P)P)P(P(P)P)P(P)P. The molecule has 2 heterocycles. The zero-order chi connectivity index (χ0) is 75.9. The summed E-state index contributed by atoms with van der Waals surface area (Å²) in [6, 6.07) is 0.0267. The molecule has 2 aliphatic rings. The van der Waals surface area contributed by atoms with Crippen LogP contribution in [0.3, 0.4) is 0 Å². The van der Waals surface area contributed by atoms with E-state index in [-0.39, 0.29) is 199 Å². The molecule has 2 aliphatic heterocycles. The smallest absolute Gasteiger partial charge is 0.303 e. The van der Waals surface area contributed by atoms with Crippen molar-refractivity contribution in [1.29, 1.82) is 0 Å². The first-order valence-corrected chi connectivity index (χ1v) is 113. The van der Waals surface area contributed by atoms with Crippen LogP contribution in [0.25, 0.3) is 0 Å². The highest BCUT2D eigenvalue weighted by Gasteiger charge is 2.47. The van der Waals surface area contributed by atoms with Gasteiger partial charge in [0, 0.05) is 33.9 Å². The number of rotatable bonds is 26. The second kappa shape index (κ2) is 63.3. The first-order chi connectivity index (χ1) is 44.7. The standard InChI is InChI=1S/C24H43NO2Si.C20H31NO3.H25P23.H24P22/c1-10-14-19(2)23-20(3)17-18-21(27-28(8,9)24(4,5)6)15-12-11-13-16-22(26)25(23)7;1-6-10-15(2)20-16(3)13-14-18(24-17(4)22)11-8-7-9-12-19(23)21(20)5;1-13-19(12)22(18(10)11)23(20(14(2)3)15(4)5)21(16(6)7)17(8)9;1-13(2)19(14(3)4)22(20(15(5)6)16(7)8)21(17(9)10)18(11)12/h10,14,17-18,20-21,23H,1,11-13,15-16H2,2-9H3;6,10,13-14,16,18,20H,1,7-9,11-12H2,2-5H3;13H,1-12H2;1-12H2/b18-17+,19-14+;14-13+,15-10+;;/t20-,21?,23+;16-,18?,20+;;/m00../s1. The molecule has 0 spiro atoms. The number of amides is 2. The van der Waals surface area contributed by atoms with Crippen LogP contribution in [-0.2, 0) is 23.5 Å². The summed E-state index contributed by atoms with van der Waals surface area (Å²) in [6.45, 7) is 30.1. The van der Waals surface area contributed by atoms with Crippen LogP contribution in [0.15, 0.2) is 72.9 Å². The molecule has 97 heavy (non-hydrogen) atoms. The summed E-state index contributed by atoms with van der Waals surface area (Å²) in [5.74, 6) is 0.490. The van der Waals surface area contributed by atoms with Gasteiger partial charge in [0.2, 0.25) is 11.8 Å². The number of allylic oxidation sites excluding steroid dienone is 4. The minimum absolute atomic E-state index is 0.00720. The zero-order valence-corrected chi connectivity index (χ0v) is 106. The van der Waals surface area contributed by atoms with Gasteiger partial charge in [-0.1, -0.05) is 129 Å². The summed E-state index contributed by atoms with van der Waals surface area (Å²) in [6.07, 6.45) is 25.0. The Bertz CT molecular complexity index is 2290. The summed E-state index contributed by atoms with van der Waals surface area (Å²) in [5, 5.41) is 0.203. The van der Waals surface area contributed by atoms with Crippen LogP contribution in [0.1, 0.15) is 120 Å². The Hall–Kier alpha value is 16.4. The maximum atomic E-state index is 12.7. The lowest BCUT2D eigenvalue weighted by atomic mass is 9.91. The molecule has 29 unspecified atom stereocenters. The number of ether oxygens (including phenoxy) is 1. The summed E-state index contributed by atoms with van der Waals surface area (Å²) in [7, 11) is 79.7. The van der Waals surface area contributed by atoms with E-state index in [9.17, 15) is 14.4 Å². The van der Waals surface area contributed by atoms with Crippen molar-refractivity contribution in [3.63, 3.8) is 0 Å². The average molecular weight is 2180 g/mol. The van der Waals surface area contributed by atoms with Gasteiger partial charge >= 0.3 is 5.97 Å². The van der Waals surface area contributed by atoms with Gasteiger partial charge in [-0.25, -0.2) is 0 Å². The van der Waals surface area contributed by atoms with Gasteiger partial charge in [-0.3, -0.25) is 14.4 Å². The van der Waals surface area contributed by atoms with Crippen molar-refractivity contribution < 1.29 is 23.5 Å². The van der Waals surface area contributed by atoms with Gasteiger partial charge in [0.15, 0.2) is 8.32 Å². The molecule has 2 rings (SSSR count).